The van der Waals surface area contributed by atoms with E-state index in [1.54, 1.807) is 6.92 Å². The Morgan fingerprint density at radius 3 is 2.62 bits per heavy atom. The molecule has 3 nitrogen and oxygen atoms in total. The van der Waals surface area contributed by atoms with E-state index in [0.29, 0.717) is 18.1 Å². The van der Waals surface area contributed by atoms with Crippen LogP contribution in [-0.4, -0.2) is 11.7 Å². The first-order chi connectivity index (χ1) is 6.20. The van der Waals surface area contributed by atoms with Gasteiger partial charge < -0.3 is 14.3 Å². The molecule has 0 aromatic carbocycles. The van der Waals surface area contributed by atoms with Crippen LogP contribution in [0, 0.1) is 6.92 Å². The summed E-state index contributed by atoms with van der Waals surface area (Å²) in [5.41, 5.74) is 0. The van der Waals surface area contributed by atoms with Crippen LogP contribution in [0.5, 0.6) is 11.5 Å². The number of aryl methyl sites for hydroxylation is 2. The molecular weight excluding hydrogens is 168 g/mol. The summed E-state index contributed by atoms with van der Waals surface area (Å²) < 4.78 is 10.7. The van der Waals surface area contributed by atoms with E-state index in [1.165, 1.54) is 0 Å². The molecule has 0 saturated heterocycles. The van der Waals surface area contributed by atoms with Gasteiger partial charge in [-0.25, -0.2) is 0 Å². The molecule has 1 rings (SSSR count). The van der Waals surface area contributed by atoms with E-state index in [4.69, 9.17) is 9.15 Å². The van der Waals surface area contributed by atoms with E-state index in [-0.39, 0.29) is 5.75 Å². The Kier molecular flexibility index (Phi) is 3.23. The smallest absolute Gasteiger partial charge is 0.203 e. The highest BCUT2D eigenvalue weighted by molar-refractivity contribution is 5.44. The van der Waals surface area contributed by atoms with Crippen molar-refractivity contribution in [1.82, 2.24) is 0 Å². The normalized spacial score (nSPS) is 10.4. The second-order valence-electron chi connectivity index (χ2n) is 2.96. The monoisotopic (exact) mass is 184 g/mol. The van der Waals surface area contributed by atoms with Crippen LogP contribution in [0.15, 0.2) is 4.42 Å². The highest BCUT2D eigenvalue weighted by atomic mass is 16.5. The lowest BCUT2D eigenvalue weighted by Gasteiger charge is -2.03. The molecule has 0 aliphatic rings. The minimum Gasteiger partial charge on any atom is -0.502 e. The van der Waals surface area contributed by atoms with Crippen LogP contribution in [0.4, 0.5) is 0 Å². The largest absolute Gasteiger partial charge is 0.502 e. The third-order valence-electron chi connectivity index (χ3n) is 1.85. The Hall–Kier alpha value is -1.12. The zero-order valence-electron chi connectivity index (χ0n) is 8.39. The quantitative estimate of drug-likeness (QED) is 0.782. The molecule has 13 heavy (non-hydrogen) atoms. The van der Waals surface area contributed by atoms with Crippen molar-refractivity contribution in [2.45, 2.75) is 33.6 Å². The molecule has 0 radical (unpaired) electrons. The van der Waals surface area contributed by atoms with Gasteiger partial charge in [0.2, 0.25) is 5.75 Å². The fraction of sp³-hybridized carbons (Fsp3) is 0.600. The molecule has 0 unspecified atom stereocenters. The fourth-order valence-electron chi connectivity index (χ4n) is 1.16. The summed E-state index contributed by atoms with van der Waals surface area (Å²) >= 11 is 0. The van der Waals surface area contributed by atoms with Gasteiger partial charge in [-0.1, -0.05) is 13.8 Å². The summed E-state index contributed by atoms with van der Waals surface area (Å²) in [6.45, 7) is 6.33. The van der Waals surface area contributed by atoms with Gasteiger partial charge in [0.15, 0.2) is 5.75 Å². The first-order valence-corrected chi connectivity index (χ1v) is 4.64. The Morgan fingerprint density at radius 2 is 2.08 bits per heavy atom. The van der Waals surface area contributed by atoms with Gasteiger partial charge in [0.1, 0.15) is 11.5 Å². The predicted molar refractivity (Wildman–Crippen MR) is 50.3 cm³/mol. The summed E-state index contributed by atoms with van der Waals surface area (Å²) in [6.07, 6.45) is 1.66. The molecule has 0 spiro atoms. The maximum Gasteiger partial charge on any atom is 0.203 e. The molecule has 0 fully saturated rings. The van der Waals surface area contributed by atoms with Crippen molar-refractivity contribution in [3.8, 4) is 11.5 Å². The van der Waals surface area contributed by atoms with E-state index in [0.717, 1.165) is 18.6 Å². The molecule has 1 aromatic rings. The van der Waals surface area contributed by atoms with Crippen LogP contribution in [0.3, 0.4) is 0 Å². The van der Waals surface area contributed by atoms with Gasteiger partial charge >= 0.3 is 0 Å². The number of hydrogen-bond donors (Lipinski definition) is 1. The minimum absolute atomic E-state index is 0.144. The molecule has 1 aromatic heterocycles. The van der Waals surface area contributed by atoms with Crippen LogP contribution in [0.25, 0.3) is 0 Å². The molecule has 0 atom stereocenters. The standard InChI is InChI=1S/C10H16O3/c1-4-6-12-10-8(5-2)13-7(3)9(10)11/h11H,4-6H2,1-3H3. The first kappa shape index (κ1) is 9.96. The predicted octanol–water partition coefficient (Wildman–Crippen LogP) is 2.64. The van der Waals surface area contributed by atoms with Crippen LogP contribution in [-0.2, 0) is 6.42 Å². The van der Waals surface area contributed by atoms with Gasteiger partial charge in [-0.3, -0.25) is 0 Å². The Balaban J connectivity index is 2.88. The first-order valence-electron chi connectivity index (χ1n) is 4.64. The summed E-state index contributed by atoms with van der Waals surface area (Å²) in [7, 11) is 0. The lowest BCUT2D eigenvalue weighted by molar-refractivity contribution is 0.295. The van der Waals surface area contributed by atoms with Crippen LogP contribution in [0.2, 0.25) is 0 Å². The number of hydrogen-bond acceptors (Lipinski definition) is 3. The average molecular weight is 184 g/mol. The number of rotatable bonds is 4. The van der Waals surface area contributed by atoms with Crippen LogP contribution < -0.4 is 4.74 Å². The van der Waals surface area contributed by atoms with E-state index >= 15 is 0 Å². The summed E-state index contributed by atoms with van der Waals surface area (Å²) in [6, 6.07) is 0. The SMILES string of the molecule is CCCOc1c(CC)oc(C)c1O. The molecule has 0 aliphatic heterocycles. The maximum atomic E-state index is 9.56. The van der Waals surface area contributed by atoms with E-state index in [9.17, 15) is 5.11 Å². The summed E-state index contributed by atoms with van der Waals surface area (Å²) in [5, 5.41) is 9.56. The summed E-state index contributed by atoms with van der Waals surface area (Å²) in [4.78, 5) is 0. The minimum atomic E-state index is 0.144. The van der Waals surface area contributed by atoms with Gasteiger partial charge in [0, 0.05) is 6.42 Å². The molecule has 0 aliphatic carbocycles. The molecule has 0 bridgehead atoms. The molecule has 3 heteroatoms. The third kappa shape index (κ3) is 1.97. The lowest BCUT2D eigenvalue weighted by atomic mass is 10.3. The molecule has 0 amide bonds. The average Bonchev–Trinajstić information content (AvgIpc) is 2.40. The van der Waals surface area contributed by atoms with Gasteiger partial charge in [-0.05, 0) is 13.3 Å². The van der Waals surface area contributed by atoms with Crippen molar-refractivity contribution in [3.05, 3.63) is 11.5 Å². The van der Waals surface area contributed by atoms with Crippen molar-refractivity contribution in [2.24, 2.45) is 0 Å². The molecule has 74 valence electrons. The molecule has 1 N–H and O–H groups in total. The second kappa shape index (κ2) is 4.21. The maximum absolute atomic E-state index is 9.56. The third-order valence-corrected chi connectivity index (χ3v) is 1.85. The fourth-order valence-corrected chi connectivity index (χ4v) is 1.16. The highest BCUT2D eigenvalue weighted by Crippen LogP contribution is 2.36. The van der Waals surface area contributed by atoms with Crippen molar-refractivity contribution < 1.29 is 14.3 Å². The van der Waals surface area contributed by atoms with Gasteiger partial charge in [-0.15, -0.1) is 0 Å². The zero-order valence-corrected chi connectivity index (χ0v) is 8.39. The Bertz CT molecular complexity index is 276. The highest BCUT2D eigenvalue weighted by Gasteiger charge is 2.16. The van der Waals surface area contributed by atoms with Crippen LogP contribution >= 0.6 is 0 Å². The van der Waals surface area contributed by atoms with E-state index in [2.05, 4.69) is 0 Å². The number of aromatic hydroxyl groups is 1. The lowest BCUT2D eigenvalue weighted by Crippen LogP contribution is -1.96. The topological polar surface area (TPSA) is 42.6 Å². The molecular formula is C10H16O3. The van der Waals surface area contributed by atoms with Crippen molar-refractivity contribution in [2.75, 3.05) is 6.61 Å². The van der Waals surface area contributed by atoms with Crippen LogP contribution in [0.1, 0.15) is 31.8 Å². The van der Waals surface area contributed by atoms with Gasteiger partial charge in [0.05, 0.1) is 6.61 Å². The van der Waals surface area contributed by atoms with Crippen molar-refractivity contribution in [3.63, 3.8) is 0 Å². The molecule has 1 heterocycles. The Labute approximate surface area is 78.3 Å². The number of ether oxygens (including phenoxy) is 1. The zero-order chi connectivity index (χ0) is 9.84. The second-order valence-corrected chi connectivity index (χ2v) is 2.96. The van der Waals surface area contributed by atoms with E-state index in [1.807, 2.05) is 13.8 Å². The Morgan fingerprint density at radius 1 is 1.38 bits per heavy atom. The summed E-state index contributed by atoms with van der Waals surface area (Å²) in [5.74, 6) is 1.92. The van der Waals surface area contributed by atoms with Gasteiger partial charge in [-0.2, -0.15) is 0 Å². The van der Waals surface area contributed by atoms with Crippen molar-refractivity contribution in [1.29, 1.82) is 0 Å². The van der Waals surface area contributed by atoms with Gasteiger partial charge in [0.25, 0.3) is 0 Å². The van der Waals surface area contributed by atoms with E-state index < -0.39 is 0 Å². The number of furan rings is 1. The molecule has 0 saturated carbocycles. The van der Waals surface area contributed by atoms with Crippen molar-refractivity contribution >= 4 is 0 Å².